The largest absolute Gasteiger partial charge is 0.414 e. The molecule has 0 bridgehead atoms. The van der Waals surface area contributed by atoms with Crippen LogP contribution in [-0.2, 0) is 4.43 Å². The molecule has 0 aliphatic heterocycles. The van der Waals surface area contributed by atoms with Crippen LogP contribution >= 0.6 is 0 Å². The smallest absolute Gasteiger partial charge is 0.184 e. The van der Waals surface area contributed by atoms with E-state index in [1.165, 1.54) is 44.9 Å². The van der Waals surface area contributed by atoms with Crippen molar-refractivity contribution in [2.24, 2.45) is 46.3 Å². The molecule has 0 spiro atoms. The second-order valence-electron chi connectivity index (χ2n) is 14.1. The Labute approximate surface area is 206 Å². The minimum atomic E-state index is -1.47. The zero-order chi connectivity index (χ0) is 24.2. The summed E-state index contributed by atoms with van der Waals surface area (Å²) in [7, 11) is -1.47. The highest BCUT2D eigenvalue weighted by atomic mass is 28.4. The summed E-state index contributed by atoms with van der Waals surface area (Å²) in [6.45, 7) is 21.8. The summed E-state index contributed by atoms with van der Waals surface area (Å²) in [5, 5.41) is 0. The molecule has 4 aliphatic rings. The van der Waals surface area contributed by atoms with E-state index in [9.17, 15) is 0 Å². The molecular formula is C31H52OSi. The van der Waals surface area contributed by atoms with E-state index in [2.05, 4.69) is 85.5 Å². The average molecular weight is 469 g/mol. The second kappa shape index (κ2) is 9.12. The number of hydrogen-bond donors (Lipinski definition) is 0. The van der Waals surface area contributed by atoms with Crippen LogP contribution < -0.4 is 0 Å². The molecule has 1 nitrogen and oxygen atoms in total. The normalized spacial score (nSPS) is 40.7. The van der Waals surface area contributed by atoms with Gasteiger partial charge in [-0.2, -0.15) is 0 Å². The summed E-state index contributed by atoms with van der Waals surface area (Å²) in [4.78, 5) is 0. The Bertz CT molecular complexity index is 813. The highest BCUT2D eigenvalue weighted by Gasteiger charge is 2.56. The molecule has 8 atom stereocenters. The van der Waals surface area contributed by atoms with Crippen LogP contribution in [-0.4, -0.2) is 14.4 Å². The van der Waals surface area contributed by atoms with Crippen LogP contribution in [0.2, 0.25) is 19.6 Å². The number of rotatable bonds is 6. The van der Waals surface area contributed by atoms with Gasteiger partial charge in [0.05, 0.1) is 0 Å². The van der Waals surface area contributed by atoms with Crippen molar-refractivity contribution in [3.63, 3.8) is 0 Å². The molecule has 3 fully saturated rings. The molecule has 186 valence electrons. The first-order chi connectivity index (χ1) is 15.3. The monoisotopic (exact) mass is 468 g/mol. The summed E-state index contributed by atoms with van der Waals surface area (Å²) in [6, 6.07) is 0. The summed E-state index contributed by atoms with van der Waals surface area (Å²) < 4.78 is 6.56. The van der Waals surface area contributed by atoms with Gasteiger partial charge in [-0.15, -0.1) is 0 Å². The molecule has 0 aromatic carbocycles. The van der Waals surface area contributed by atoms with Gasteiger partial charge in [-0.25, -0.2) is 0 Å². The van der Waals surface area contributed by atoms with Gasteiger partial charge in [0.2, 0.25) is 0 Å². The molecule has 0 heterocycles. The molecule has 0 N–H and O–H groups in total. The quantitative estimate of drug-likeness (QED) is 0.279. The maximum atomic E-state index is 6.56. The molecule has 4 aliphatic carbocycles. The van der Waals surface area contributed by atoms with Crippen LogP contribution in [0.1, 0.15) is 86.5 Å². The van der Waals surface area contributed by atoms with Crippen molar-refractivity contribution in [1.29, 1.82) is 0 Å². The van der Waals surface area contributed by atoms with E-state index in [4.69, 9.17) is 4.43 Å². The first-order valence-electron chi connectivity index (χ1n) is 14.1. The van der Waals surface area contributed by atoms with E-state index in [0.717, 1.165) is 23.7 Å². The van der Waals surface area contributed by atoms with Crippen molar-refractivity contribution in [1.82, 2.24) is 0 Å². The Balaban J connectivity index is 1.53. The summed E-state index contributed by atoms with van der Waals surface area (Å²) >= 11 is 0. The lowest BCUT2D eigenvalue weighted by Crippen LogP contribution is -2.47. The van der Waals surface area contributed by atoms with Gasteiger partial charge >= 0.3 is 0 Å². The lowest BCUT2D eigenvalue weighted by molar-refractivity contribution is 0.0417. The van der Waals surface area contributed by atoms with Crippen molar-refractivity contribution >= 4 is 8.32 Å². The Morgan fingerprint density at radius 2 is 1.64 bits per heavy atom. The Morgan fingerprint density at radius 3 is 2.30 bits per heavy atom. The van der Waals surface area contributed by atoms with Gasteiger partial charge in [-0.05, 0) is 111 Å². The SMILES string of the molecule is CC(C)[C@H](C)/C=C/[C@@H](C)[C@H]1CC[C@H]2C3=CC=C4C[C@@H](O[Si](C)(C)C)CC[C@]4(C)[C@H]3CC[C@]12C. The van der Waals surface area contributed by atoms with E-state index in [1.807, 2.05) is 5.57 Å². The second-order valence-corrected chi connectivity index (χ2v) is 18.5. The molecule has 0 saturated heterocycles. The highest BCUT2D eigenvalue weighted by Crippen LogP contribution is 2.66. The van der Waals surface area contributed by atoms with Gasteiger partial charge in [0.1, 0.15) is 0 Å². The van der Waals surface area contributed by atoms with Crippen molar-refractivity contribution in [3.05, 3.63) is 35.5 Å². The number of hydrogen-bond acceptors (Lipinski definition) is 1. The molecule has 0 amide bonds. The minimum absolute atomic E-state index is 0.376. The zero-order valence-corrected chi connectivity index (χ0v) is 24.2. The van der Waals surface area contributed by atoms with Crippen molar-refractivity contribution < 1.29 is 4.43 Å². The molecule has 0 radical (unpaired) electrons. The van der Waals surface area contributed by atoms with Gasteiger partial charge in [0.15, 0.2) is 8.32 Å². The van der Waals surface area contributed by atoms with Gasteiger partial charge in [-0.3, -0.25) is 0 Å². The fourth-order valence-electron chi connectivity index (χ4n) is 8.18. The lowest BCUT2D eigenvalue weighted by Gasteiger charge is -2.55. The molecule has 3 saturated carbocycles. The Kier molecular flexibility index (Phi) is 7.04. The molecule has 4 rings (SSSR count). The molecule has 0 aromatic heterocycles. The third-order valence-electron chi connectivity index (χ3n) is 10.5. The first-order valence-corrected chi connectivity index (χ1v) is 17.5. The molecular weight excluding hydrogens is 416 g/mol. The van der Waals surface area contributed by atoms with E-state index >= 15 is 0 Å². The van der Waals surface area contributed by atoms with Crippen LogP contribution in [0.3, 0.4) is 0 Å². The van der Waals surface area contributed by atoms with Crippen molar-refractivity contribution in [2.45, 2.75) is 112 Å². The molecule has 0 unspecified atom stereocenters. The van der Waals surface area contributed by atoms with Gasteiger partial charge in [0, 0.05) is 6.10 Å². The fourth-order valence-corrected chi connectivity index (χ4v) is 9.38. The standard InChI is InChI=1S/C31H52OSi/c1-21(2)22(3)10-11-23(4)27-14-15-28-26-13-12-24-20-25(32-33(7,8)9)16-18-30(24,5)29(26)17-19-31(27,28)6/h10-13,21-23,25,27-29H,14-20H2,1-9H3/b11-10+/t22-,23-,25+,27-,28+,29+,30+,31-/m1/s1. The van der Waals surface area contributed by atoms with Crippen LogP contribution in [0.15, 0.2) is 35.5 Å². The van der Waals surface area contributed by atoms with Gasteiger partial charge in [-0.1, -0.05) is 77.0 Å². The number of allylic oxidation sites excluding steroid dienone is 5. The lowest BCUT2D eigenvalue weighted by atomic mass is 9.50. The topological polar surface area (TPSA) is 9.23 Å². The van der Waals surface area contributed by atoms with E-state index in [1.54, 1.807) is 5.57 Å². The van der Waals surface area contributed by atoms with Crippen LogP contribution in [0.4, 0.5) is 0 Å². The summed E-state index contributed by atoms with van der Waals surface area (Å²) in [5.41, 5.74) is 4.38. The highest BCUT2D eigenvalue weighted by molar-refractivity contribution is 6.69. The van der Waals surface area contributed by atoms with E-state index in [-0.39, 0.29) is 0 Å². The Hall–Kier alpha value is -0.603. The van der Waals surface area contributed by atoms with Crippen molar-refractivity contribution in [3.8, 4) is 0 Å². The third-order valence-corrected chi connectivity index (χ3v) is 11.6. The third kappa shape index (κ3) is 4.77. The summed E-state index contributed by atoms with van der Waals surface area (Å²) in [6.07, 6.45) is 20.0. The van der Waals surface area contributed by atoms with Crippen molar-refractivity contribution in [2.75, 3.05) is 0 Å². The maximum absolute atomic E-state index is 6.56. The average Bonchev–Trinajstić information content (AvgIpc) is 3.08. The van der Waals surface area contributed by atoms with Gasteiger partial charge < -0.3 is 4.43 Å². The van der Waals surface area contributed by atoms with Crippen LogP contribution in [0, 0.1) is 46.3 Å². The Morgan fingerprint density at radius 1 is 0.909 bits per heavy atom. The molecule has 2 heteroatoms. The fraction of sp³-hybridized carbons (Fsp3) is 0.806. The maximum Gasteiger partial charge on any atom is 0.184 e. The molecule has 33 heavy (non-hydrogen) atoms. The minimum Gasteiger partial charge on any atom is -0.414 e. The summed E-state index contributed by atoms with van der Waals surface area (Å²) in [5.74, 6) is 4.50. The predicted molar refractivity (Wildman–Crippen MR) is 146 cm³/mol. The van der Waals surface area contributed by atoms with Crippen LogP contribution in [0.25, 0.3) is 0 Å². The van der Waals surface area contributed by atoms with Crippen LogP contribution in [0.5, 0.6) is 0 Å². The zero-order valence-electron chi connectivity index (χ0n) is 23.2. The van der Waals surface area contributed by atoms with E-state index < -0.39 is 8.32 Å². The first kappa shape index (κ1) is 25.5. The van der Waals surface area contributed by atoms with E-state index in [0.29, 0.717) is 28.8 Å². The van der Waals surface area contributed by atoms with Gasteiger partial charge in [0.25, 0.3) is 0 Å². The number of fused-ring (bicyclic) bond motifs is 5. The predicted octanol–water partition coefficient (Wildman–Crippen LogP) is 9.19. The molecule has 0 aromatic rings.